The highest BCUT2D eigenvalue weighted by Crippen LogP contribution is 2.77. The summed E-state index contributed by atoms with van der Waals surface area (Å²) in [5.41, 5.74) is 3.25. The van der Waals surface area contributed by atoms with Gasteiger partial charge in [0.2, 0.25) is 0 Å². The molecule has 0 bridgehead atoms. The van der Waals surface area contributed by atoms with Gasteiger partial charge in [-0.2, -0.15) is 0 Å². The number of carbonyl (C=O) groups is 2. The molecule has 0 aliphatic heterocycles. The first kappa shape index (κ1) is 32.8. The van der Waals surface area contributed by atoms with Crippen molar-refractivity contribution in [2.24, 2.45) is 56.7 Å². The van der Waals surface area contributed by atoms with Gasteiger partial charge in [-0.05, 0) is 140 Å². The van der Waals surface area contributed by atoms with Gasteiger partial charge in [0.25, 0.3) is 0 Å². The summed E-state index contributed by atoms with van der Waals surface area (Å²) in [5, 5.41) is 20.1. The molecule has 5 fully saturated rings. The molecule has 2 N–H and O–H groups in total. The lowest BCUT2D eigenvalue weighted by atomic mass is 9.32. The van der Waals surface area contributed by atoms with Crippen LogP contribution in [0.1, 0.15) is 129 Å². The fraction of sp³-hybridized carbons (Fsp3) is 0.750. The highest BCUT2D eigenvalue weighted by molar-refractivity contribution is 5.87. The third-order valence-corrected chi connectivity index (χ3v) is 15.6. The number of aromatic carboxylic acids is 1. The van der Waals surface area contributed by atoms with Gasteiger partial charge in [0, 0.05) is 11.8 Å². The van der Waals surface area contributed by atoms with Gasteiger partial charge in [0.15, 0.2) is 6.10 Å². The zero-order valence-corrected chi connectivity index (χ0v) is 29.0. The lowest BCUT2D eigenvalue weighted by molar-refractivity contribution is -0.250. The minimum absolute atomic E-state index is 0.0424. The normalized spacial score (nSPS) is 44.0. The monoisotopic (exact) mass is 618 g/mol. The van der Waals surface area contributed by atoms with E-state index >= 15 is 0 Å². The summed E-state index contributed by atoms with van der Waals surface area (Å²) in [4.78, 5) is 24.6. The second-order valence-corrected chi connectivity index (χ2v) is 17.9. The fourth-order valence-corrected chi connectivity index (χ4v) is 13.0. The Morgan fingerprint density at radius 2 is 1.64 bits per heavy atom. The van der Waals surface area contributed by atoms with Crippen molar-refractivity contribution in [2.75, 3.05) is 0 Å². The van der Waals surface area contributed by atoms with Gasteiger partial charge >= 0.3 is 11.9 Å². The molecule has 1 aromatic carbocycles. The maximum atomic E-state index is 13.2. The summed E-state index contributed by atoms with van der Waals surface area (Å²) >= 11 is 0. The molecular formula is C40H58O5. The molecule has 0 heterocycles. The average molecular weight is 619 g/mol. The molecule has 6 rings (SSSR count). The van der Waals surface area contributed by atoms with Crippen LogP contribution in [0, 0.1) is 56.7 Å². The first-order valence-corrected chi connectivity index (χ1v) is 17.8. The summed E-state index contributed by atoms with van der Waals surface area (Å²) in [7, 11) is 0. The number of aliphatic hydroxyl groups is 1. The minimum atomic E-state index is -1.32. The molecule has 11 atom stereocenters. The predicted octanol–water partition coefficient (Wildman–Crippen LogP) is 8.88. The van der Waals surface area contributed by atoms with E-state index in [9.17, 15) is 19.8 Å². The summed E-state index contributed by atoms with van der Waals surface area (Å²) in [6.07, 6.45) is 10.7. The van der Waals surface area contributed by atoms with E-state index in [1.54, 1.807) is 12.1 Å². The first-order valence-electron chi connectivity index (χ1n) is 17.8. The largest absolute Gasteiger partial charge is 0.478 e. The molecule has 5 heteroatoms. The number of hydrogen-bond donors (Lipinski definition) is 2. The van der Waals surface area contributed by atoms with Crippen LogP contribution in [0.5, 0.6) is 0 Å². The number of allylic oxidation sites excluding steroid dienone is 1. The third-order valence-electron chi connectivity index (χ3n) is 15.6. The highest BCUT2D eigenvalue weighted by Gasteiger charge is 2.70. The molecule has 0 aromatic heterocycles. The number of benzene rings is 1. The van der Waals surface area contributed by atoms with Crippen LogP contribution in [0.15, 0.2) is 36.4 Å². The van der Waals surface area contributed by atoms with Crippen LogP contribution < -0.4 is 0 Å². The van der Waals surface area contributed by atoms with Crippen molar-refractivity contribution in [3.63, 3.8) is 0 Å². The van der Waals surface area contributed by atoms with Crippen molar-refractivity contribution in [1.82, 2.24) is 0 Å². The number of esters is 1. The van der Waals surface area contributed by atoms with Crippen LogP contribution in [0.3, 0.4) is 0 Å². The van der Waals surface area contributed by atoms with E-state index in [1.165, 1.54) is 62.7 Å². The topological polar surface area (TPSA) is 83.8 Å². The molecule has 248 valence electrons. The van der Waals surface area contributed by atoms with E-state index in [1.807, 2.05) is 0 Å². The number of carboxylic acid groups (broad SMARTS) is 1. The Balaban J connectivity index is 1.20. The number of aliphatic hydroxyl groups excluding tert-OH is 1. The molecule has 5 aliphatic rings. The van der Waals surface area contributed by atoms with E-state index in [4.69, 9.17) is 4.74 Å². The van der Waals surface area contributed by atoms with Gasteiger partial charge in [-0.15, -0.1) is 0 Å². The highest BCUT2D eigenvalue weighted by atomic mass is 16.6. The zero-order valence-electron chi connectivity index (χ0n) is 29.0. The summed E-state index contributed by atoms with van der Waals surface area (Å²) in [6, 6.07) is 6.41. The van der Waals surface area contributed by atoms with Crippen LogP contribution >= 0.6 is 0 Å². The van der Waals surface area contributed by atoms with Crippen molar-refractivity contribution in [2.45, 2.75) is 131 Å². The maximum Gasteiger partial charge on any atom is 0.335 e. The first-order chi connectivity index (χ1) is 21.0. The Morgan fingerprint density at radius 3 is 2.33 bits per heavy atom. The van der Waals surface area contributed by atoms with Crippen LogP contribution in [-0.2, 0) is 16.0 Å². The van der Waals surface area contributed by atoms with E-state index in [-0.39, 0.29) is 28.9 Å². The van der Waals surface area contributed by atoms with Gasteiger partial charge < -0.3 is 14.9 Å². The van der Waals surface area contributed by atoms with E-state index in [0.717, 1.165) is 31.1 Å². The molecule has 0 spiro atoms. The van der Waals surface area contributed by atoms with Crippen molar-refractivity contribution in [3.05, 3.63) is 47.5 Å². The van der Waals surface area contributed by atoms with Crippen LogP contribution in [0.2, 0.25) is 0 Å². The third kappa shape index (κ3) is 4.87. The maximum absolute atomic E-state index is 13.2. The molecule has 5 saturated carbocycles. The summed E-state index contributed by atoms with van der Waals surface area (Å²) in [6.45, 7) is 21.9. The van der Waals surface area contributed by atoms with E-state index in [0.29, 0.717) is 39.6 Å². The summed E-state index contributed by atoms with van der Waals surface area (Å²) in [5.74, 6) is 1.69. The number of rotatable bonds is 6. The Morgan fingerprint density at radius 1 is 0.911 bits per heavy atom. The lowest BCUT2D eigenvalue weighted by Crippen LogP contribution is -2.66. The van der Waals surface area contributed by atoms with E-state index in [2.05, 4.69) is 55.0 Å². The number of carboxylic acids is 1. The molecule has 0 radical (unpaired) electrons. The standard InChI is InChI=1S/C40H58O5/c1-24(2)27-14-17-37(5)20-21-39(7)28(33(27)37)12-13-31-38(6)18-16-32(36(3,4)30(38)15-19-40(31,39)8)45-35(44)29(41)23-25-10-9-11-26(22-25)34(42)43/h9-11,22,27-33,41H,1,12-21,23H2,2-8H3,(H,42,43)/t27-,28+,29-,30-,31+,32-,33+,37+,38-,39+,40+/m0/s1. The number of ether oxygens (including phenoxy) is 1. The Labute approximate surface area is 271 Å². The fourth-order valence-electron chi connectivity index (χ4n) is 13.0. The molecule has 0 amide bonds. The summed E-state index contributed by atoms with van der Waals surface area (Å²) < 4.78 is 6.16. The number of carbonyl (C=O) groups excluding carboxylic acids is 1. The van der Waals surface area contributed by atoms with Crippen LogP contribution in [-0.4, -0.2) is 34.4 Å². The van der Waals surface area contributed by atoms with Gasteiger partial charge in [-0.3, -0.25) is 0 Å². The van der Waals surface area contributed by atoms with Crippen molar-refractivity contribution in [3.8, 4) is 0 Å². The second-order valence-electron chi connectivity index (χ2n) is 17.9. The average Bonchev–Trinajstić information content (AvgIpc) is 3.33. The molecule has 1 aromatic rings. The van der Waals surface area contributed by atoms with Crippen LogP contribution in [0.25, 0.3) is 0 Å². The quantitative estimate of drug-likeness (QED) is 0.246. The molecule has 0 unspecified atom stereocenters. The Hall–Kier alpha value is -2.14. The van der Waals surface area contributed by atoms with E-state index < -0.39 is 18.0 Å². The smallest absolute Gasteiger partial charge is 0.335 e. The van der Waals surface area contributed by atoms with Crippen molar-refractivity contribution < 1.29 is 24.5 Å². The zero-order chi connectivity index (χ0) is 32.7. The SMILES string of the molecule is C=C(C)[C@@H]1CC[C@]2(C)CC[C@]3(C)[C@H](CC[C@@H]4[C@@]5(C)CC[C@H](OC(=O)[C@@H](O)Cc6cccc(C(=O)O)c6)C(C)(C)[C@@H]5CC[C@]43C)[C@@H]12. The minimum Gasteiger partial charge on any atom is -0.478 e. The molecule has 5 aliphatic carbocycles. The van der Waals surface area contributed by atoms with Crippen molar-refractivity contribution in [1.29, 1.82) is 0 Å². The van der Waals surface area contributed by atoms with Crippen LogP contribution in [0.4, 0.5) is 0 Å². The van der Waals surface area contributed by atoms with Gasteiger partial charge in [0.1, 0.15) is 6.10 Å². The Bertz CT molecular complexity index is 1360. The molecular weight excluding hydrogens is 560 g/mol. The second kappa shape index (κ2) is 11.0. The van der Waals surface area contributed by atoms with Gasteiger partial charge in [-0.1, -0.05) is 65.8 Å². The van der Waals surface area contributed by atoms with Crippen molar-refractivity contribution >= 4 is 11.9 Å². The number of hydrogen-bond acceptors (Lipinski definition) is 4. The van der Waals surface area contributed by atoms with Gasteiger partial charge in [0.05, 0.1) is 5.56 Å². The number of fused-ring (bicyclic) bond motifs is 7. The molecule has 0 saturated heterocycles. The van der Waals surface area contributed by atoms with Gasteiger partial charge in [-0.25, -0.2) is 9.59 Å². The molecule has 45 heavy (non-hydrogen) atoms. The lowest BCUT2D eigenvalue weighted by Gasteiger charge is -2.73. The predicted molar refractivity (Wildman–Crippen MR) is 178 cm³/mol. The molecule has 5 nitrogen and oxygen atoms in total. The Kier molecular flexibility index (Phi) is 7.98.